The van der Waals surface area contributed by atoms with Gasteiger partial charge in [0.15, 0.2) is 0 Å². The second-order valence-electron chi connectivity index (χ2n) is 5.47. The van der Waals surface area contributed by atoms with Crippen molar-refractivity contribution in [3.05, 3.63) is 35.5 Å². The van der Waals surface area contributed by atoms with Crippen molar-refractivity contribution in [1.82, 2.24) is 4.98 Å². The smallest absolute Gasteiger partial charge is 0.137 e. The van der Waals surface area contributed by atoms with Gasteiger partial charge in [-0.15, -0.1) is 0 Å². The van der Waals surface area contributed by atoms with E-state index in [9.17, 15) is 5.11 Å². The molecule has 17 heavy (non-hydrogen) atoms. The van der Waals surface area contributed by atoms with Gasteiger partial charge in [0, 0.05) is 5.39 Å². The molecule has 0 saturated carbocycles. The van der Waals surface area contributed by atoms with E-state index in [1.807, 2.05) is 19.1 Å². The van der Waals surface area contributed by atoms with E-state index in [0.29, 0.717) is 5.75 Å². The molecule has 2 heteroatoms. The molecule has 0 bridgehead atoms. The molecule has 0 fully saturated rings. The molecule has 0 aliphatic carbocycles. The number of aromatic nitrogens is 1. The summed E-state index contributed by atoms with van der Waals surface area (Å²) in [7, 11) is 0. The Morgan fingerprint density at radius 2 is 1.88 bits per heavy atom. The van der Waals surface area contributed by atoms with Gasteiger partial charge in [-0.25, -0.2) is 4.98 Å². The van der Waals surface area contributed by atoms with Gasteiger partial charge in [0.25, 0.3) is 0 Å². The van der Waals surface area contributed by atoms with Crippen molar-refractivity contribution < 1.29 is 5.11 Å². The molecule has 2 nitrogen and oxygen atoms in total. The van der Waals surface area contributed by atoms with Crippen molar-refractivity contribution in [2.75, 3.05) is 0 Å². The number of fused-ring (bicyclic) bond motifs is 1. The number of aryl methyl sites for hydroxylation is 1. The standard InChI is InChI=1S/C15H19NO/c1-5-12-14(17)9-10-8-11(15(2,3)4)6-7-13(10)16-12/h6-9,17H,5H2,1-4H3. The van der Waals surface area contributed by atoms with Crippen LogP contribution in [-0.2, 0) is 11.8 Å². The lowest BCUT2D eigenvalue weighted by Gasteiger charge is -2.19. The molecule has 90 valence electrons. The fraction of sp³-hybridized carbons (Fsp3) is 0.400. The Kier molecular flexibility index (Phi) is 2.82. The molecular formula is C15H19NO. The summed E-state index contributed by atoms with van der Waals surface area (Å²) in [5.74, 6) is 0.297. The second kappa shape index (κ2) is 4.02. The summed E-state index contributed by atoms with van der Waals surface area (Å²) in [4.78, 5) is 4.47. The van der Waals surface area contributed by atoms with E-state index in [4.69, 9.17) is 0 Å². The highest BCUT2D eigenvalue weighted by Crippen LogP contribution is 2.28. The summed E-state index contributed by atoms with van der Waals surface area (Å²) in [5.41, 5.74) is 3.09. The summed E-state index contributed by atoms with van der Waals surface area (Å²) in [6.45, 7) is 8.54. The van der Waals surface area contributed by atoms with E-state index in [2.05, 4.69) is 37.9 Å². The first-order valence-corrected chi connectivity index (χ1v) is 6.05. The maximum Gasteiger partial charge on any atom is 0.137 e. The normalized spacial score (nSPS) is 12.0. The molecule has 0 aliphatic heterocycles. The van der Waals surface area contributed by atoms with Crippen LogP contribution in [-0.4, -0.2) is 10.1 Å². The topological polar surface area (TPSA) is 33.1 Å². The molecule has 0 atom stereocenters. The van der Waals surface area contributed by atoms with E-state index < -0.39 is 0 Å². The van der Waals surface area contributed by atoms with Gasteiger partial charge in [-0.2, -0.15) is 0 Å². The predicted molar refractivity (Wildman–Crippen MR) is 71.5 cm³/mol. The van der Waals surface area contributed by atoms with E-state index in [1.165, 1.54) is 5.56 Å². The summed E-state index contributed by atoms with van der Waals surface area (Å²) < 4.78 is 0. The Balaban J connectivity index is 2.63. The van der Waals surface area contributed by atoms with Crippen LogP contribution in [0.25, 0.3) is 10.9 Å². The largest absolute Gasteiger partial charge is 0.506 e. The average Bonchev–Trinajstić information content (AvgIpc) is 2.26. The molecule has 0 amide bonds. The van der Waals surface area contributed by atoms with E-state index in [-0.39, 0.29) is 5.41 Å². The molecule has 1 aromatic carbocycles. The van der Waals surface area contributed by atoms with Crippen molar-refractivity contribution in [1.29, 1.82) is 0 Å². The van der Waals surface area contributed by atoms with Crippen LogP contribution in [0.4, 0.5) is 0 Å². The van der Waals surface area contributed by atoms with Crippen molar-refractivity contribution in [2.45, 2.75) is 39.5 Å². The fourth-order valence-electron chi connectivity index (χ4n) is 1.93. The number of benzene rings is 1. The highest BCUT2D eigenvalue weighted by atomic mass is 16.3. The van der Waals surface area contributed by atoms with Gasteiger partial charge >= 0.3 is 0 Å². The summed E-state index contributed by atoms with van der Waals surface area (Å²) in [6, 6.07) is 8.08. The lowest BCUT2D eigenvalue weighted by Crippen LogP contribution is -2.10. The van der Waals surface area contributed by atoms with Gasteiger partial charge in [0.1, 0.15) is 5.75 Å². The molecule has 2 rings (SSSR count). The number of hydrogen-bond donors (Lipinski definition) is 1. The molecular weight excluding hydrogens is 210 g/mol. The first-order valence-electron chi connectivity index (χ1n) is 6.05. The molecule has 0 saturated heterocycles. The maximum atomic E-state index is 9.84. The van der Waals surface area contributed by atoms with Gasteiger partial charge in [-0.3, -0.25) is 0 Å². The zero-order chi connectivity index (χ0) is 12.6. The molecule has 2 aromatic rings. The number of hydrogen-bond acceptors (Lipinski definition) is 2. The molecule has 0 spiro atoms. The Morgan fingerprint density at radius 1 is 1.18 bits per heavy atom. The van der Waals surface area contributed by atoms with Crippen molar-refractivity contribution >= 4 is 10.9 Å². The number of aromatic hydroxyl groups is 1. The SMILES string of the molecule is CCc1nc2ccc(C(C)(C)C)cc2cc1O. The monoisotopic (exact) mass is 229 g/mol. The average molecular weight is 229 g/mol. The van der Waals surface area contributed by atoms with Gasteiger partial charge < -0.3 is 5.11 Å². The molecule has 1 aromatic heterocycles. The molecule has 1 heterocycles. The fourth-order valence-corrected chi connectivity index (χ4v) is 1.93. The second-order valence-corrected chi connectivity index (χ2v) is 5.47. The van der Waals surface area contributed by atoms with E-state index >= 15 is 0 Å². The minimum absolute atomic E-state index is 0.118. The van der Waals surface area contributed by atoms with Crippen molar-refractivity contribution in [2.24, 2.45) is 0 Å². The van der Waals surface area contributed by atoms with Crippen LogP contribution in [0, 0.1) is 0 Å². The van der Waals surface area contributed by atoms with Crippen molar-refractivity contribution in [3.63, 3.8) is 0 Å². The first-order chi connectivity index (χ1) is 7.91. The highest BCUT2D eigenvalue weighted by molar-refractivity contribution is 5.81. The Labute approximate surface area is 102 Å². The summed E-state index contributed by atoms with van der Waals surface area (Å²) in [6.07, 6.45) is 0.753. The van der Waals surface area contributed by atoms with E-state index in [1.54, 1.807) is 0 Å². The predicted octanol–water partition coefficient (Wildman–Crippen LogP) is 3.80. The maximum absolute atomic E-state index is 9.84. The van der Waals surface area contributed by atoms with Crippen molar-refractivity contribution in [3.8, 4) is 5.75 Å². The van der Waals surface area contributed by atoms with Gasteiger partial charge in [0.05, 0.1) is 11.2 Å². The molecule has 0 radical (unpaired) electrons. The number of rotatable bonds is 1. The third-order valence-electron chi connectivity index (χ3n) is 3.07. The van der Waals surface area contributed by atoms with Gasteiger partial charge in [-0.05, 0) is 35.6 Å². The Bertz CT molecular complexity index is 553. The van der Waals surface area contributed by atoms with Crippen LogP contribution in [0.5, 0.6) is 5.75 Å². The third-order valence-corrected chi connectivity index (χ3v) is 3.07. The summed E-state index contributed by atoms with van der Waals surface area (Å²) in [5, 5.41) is 10.8. The Hall–Kier alpha value is -1.57. The zero-order valence-electron chi connectivity index (χ0n) is 10.9. The molecule has 0 unspecified atom stereocenters. The minimum atomic E-state index is 0.118. The lowest BCUT2D eigenvalue weighted by atomic mass is 9.86. The van der Waals surface area contributed by atoms with E-state index in [0.717, 1.165) is 23.0 Å². The van der Waals surface area contributed by atoms with Gasteiger partial charge in [0.2, 0.25) is 0 Å². The van der Waals surface area contributed by atoms with Crippen LogP contribution in [0.15, 0.2) is 24.3 Å². The quantitative estimate of drug-likeness (QED) is 0.806. The number of nitrogens with zero attached hydrogens (tertiary/aromatic N) is 1. The minimum Gasteiger partial charge on any atom is -0.506 e. The highest BCUT2D eigenvalue weighted by Gasteiger charge is 2.14. The van der Waals surface area contributed by atoms with Gasteiger partial charge in [-0.1, -0.05) is 33.8 Å². The van der Waals surface area contributed by atoms with Crippen LogP contribution in [0.3, 0.4) is 0 Å². The number of pyridine rings is 1. The zero-order valence-corrected chi connectivity index (χ0v) is 10.9. The van der Waals surface area contributed by atoms with Crippen LogP contribution >= 0.6 is 0 Å². The first kappa shape index (κ1) is 11.9. The molecule has 0 aliphatic rings. The summed E-state index contributed by atoms with van der Waals surface area (Å²) >= 11 is 0. The van der Waals surface area contributed by atoms with Crippen LogP contribution < -0.4 is 0 Å². The lowest BCUT2D eigenvalue weighted by molar-refractivity contribution is 0.466. The van der Waals surface area contributed by atoms with Crippen LogP contribution in [0.2, 0.25) is 0 Å². The van der Waals surface area contributed by atoms with Crippen LogP contribution in [0.1, 0.15) is 39.0 Å². The molecule has 1 N–H and O–H groups in total. The third kappa shape index (κ3) is 2.26. The Morgan fingerprint density at radius 3 is 2.47 bits per heavy atom.